The van der Waals surface area contributed by atoms with E-state index >= 15 is 0 Å². The van der Waals surface area contributed by atoms with Crippen LogP contribution in [0.2, 0.25) is 0 Å². The molecule has 0 heterocycles. The zero-order chi connectivity index (χ0) is 20.7. The van der Waals surface area contributed by atoms with Gasteiger partial charge in [-0.25, -0.2) is 0 Å². The topological polar surface area (TPSA) is 77.1 Å². The normalized spacial score (nSPS) is 15.5. The standard InChI is InChI=1S/C21H32N2O5/c1-6-23(7-2)20(25)21(11-9-8-10-12-21)22-19(24)15-13-16(26-3)18(28-5)17(14-15)27-4/h13-14H,6-12H2,1-5H3,(H,22,24). The fraction of sp³-hybridized carbons (Fsp3) is 0.619. The largest absolute Gasteiger partial charge is 0.493 e. The van der Waals surface area contributed by atoms with Crippen LogP contribution in [0.5, 0.6) is 17.2 Å². The molecular weight excluding hydrogens is 360 g/mol. The summed E-state index contributed by atoms with van der Waals surface area (Å²) in [4.78, 5) is 28.2. The number of nitrogens with zero attached hydrogens (tertiary/aromatic N) is 1. The molecule has 0 unspecified atom stereocenters. The second kappa shape index (κ2) is 9.66. The minimum absolute atomic E-state index is 0.00186. The lowest BCUT2D eigenvalue weighted by Gasteiger charge is -2.40. The Labute approximate surface area is 167 Å². The van der Waals surface area contributed by atoms with Gasteiger partial charge in [0.05, 0.1) is 21.3 Å². The van der Waals surface area contributed by atoms with Gasteiger partial charge in [0.2, 0.25) is 11.7 Å². The van der Waals surface area contributed by atoms with Crippen LogP contribution >= 0.6 is 0 Å². The zero-order valence-electron chi connectivity index (χ0n) is 17.6. The fourth-order valence-corrected chi connectivity index (χ4v) is 3.86. The number of hydrogen-bond acceptors (Lipinski definition) is 5. The van der Waals surface area contributed by atoms with E-state index in [1.54, 1.807) is 17.0 Å². The molecule has 2 rings (SSSR count). The first kappa shape index (κ1) is 21.9. The van der Waals surface area contributed by atoms with E-state index in [1.165, 1.54) is 21.3 Å². The minimum atomic E-state index is -0.859. The molecule has 0 bridgehead atoms. The Morgan fingerprint density at radius 1 is 0.964 bits per heavy atom. The molecule has 7 heteroatoms. The van der Waals surface area contributed by atoms with Crippen molar-refractivity contribution < 1.29 is 23.8 Å². The first-order chi connectivity index (χ1) is 13.5. The third-order valence-electron chi connectivity index (χ3n) is 5.45. The number of rotatable bonds is 8. The van der Waals surface area contributed by atoms with E-state index in [0.29, 0.717) is 48.7 Å². The zero-order valence-corrected chi connectivity index (χ0v) is 17.6. The molecule has 1 aromatic rings. The van der Waals surface area contributed by atoms with Crippen molar-refractivity contribution in [2.24, 2.45) is 0 Å². The van der Waals surface area contributed by atoms with Gasteiger partial charge in [-0.05, 0) is 38.8 Å². The predicted octanol–water partition coefficient (Wildman–Crippen LogP) is 3.01. The fourth-order valence-electron chi connectivity index (χ4n) is 3.86. The Kier molecular flexibility index (Phi) is 7.54. The molecule has 2 amide bonds. The Bertz CT molecular complexity index is 669. The van der Waals surface area contributed by atoms with Crippen molar-refractivity contribution in [2.45, 2.75) is 51.5 Å². The highest BCUT2D eigenvalue weighted by Gasteiger charge is 2.43. The lowest BCUT2D eigenvalue weighted by atomic mass is 9.80. The summed E-state index contributed by atoms with van der Waals surface area (Å²) in [5, 5.41) is 3.06. The van der Waals surface area contributed by atoms with Gasteiger partial charge in [-0.15, -0.1) is 0 Å². The van der Waals surface area contributed by atoms with Crippen molar-refractivity contribution >= 4 is 11.8 Å². The summed E-state index contributed by atoms with van der Waals surface area (Å²) in [5.41, 5.74) is -0.492. The molecule has 7 nitrogen and oxygen atoms in total. The molecule has 1 aliphatic rings. The second-order valence-electron chi connectivity index (χ2n) is 6.99. The van der Waals surface area contributed by atoms with Crippen LogP contribution in [0.4, 0.5) is 0 Å². The maximum atomic E-state index is 13.2. The smallest absolute Gasteiger partial charge is 0.252 e. The SMILES string of the molecule is CCN(CC)C(=O)C1(NC(=O)c2cc(OC)c(OC)c(OC)c2)CCCCC1. The van der Waals surface area contributed by atoms with Gasteiger partial charge in [-0.2, -0.15) is 0 Å². The van der Waals surface area contributed by atoms with E-state index < -0.39 is 5.54 Å². The molecule has 0 radical (unpaired) electrons. The van der Waals surface area contributed by atoms with E-state index in [2.05, 4.69) is 5.32 Å². The molecule has 1 aromatic carbocycles. The molecule has 156 valence electrons. The van der Waals surface area contributed by atoms with E-state index in [0.717, 1.165) is 19.3 Å². The maximum absolute atomic E-state index is 13.2. The van der Waals surface area contributed by atoms with Gasteiger partial charge in [0.15, 0.2) is 11.5 Å². The van der Waals surface area contributed by atoms with Crippen molar-refractivity contribution in [3.63, 3.8) is 0 Å². The van der Waals surface area contributed by atoms with Crippen molar-refractivity contribution in [3.05, 3.63) is 17.7 Å². The summed E-state index contributed by atoms with van der Waals surface area (Å²) in [7, 11) is 4.52. The number of hydrogen-bond donors (Lipinski definition) is 1. The van der Waals surface area contributed by atoms with Crippen LogP contribution < -0.4 is 19.5 Å². The number of likely N-dealkylation sites (N-methyl/N-ethyl adjacent to an activating group) is 1. The summed E-state index contributed by atoms with van der Waals surface area (Å²) in [6, 6.07) is 3.21. The second-order valence-corrected chi connectivity index (χ2v) is 6.99. The summed E-state index contributed by atoms with van der Waals surface area (Å²) in [5.74, 6) is 0.910. The summed E-state index contributed by atoms with van der Waals surface area (Å²) < 4.78 is 16.0. The van der Waals surface area contributed by atoms with Crippen molar-refractivity contribution in [2.75, 3.05) is 34.4 Å². The van der Waals surface area contributed by atoms with E-state index in [4.69, 9.17) is 14.2 Å². The molecule has 1 aliphatic carbocycles. The number of amides is 2. The third-order valence-corrected chi connectivity index (χ3v) is 5.45. The van der Waals surface area contributed by atoms with Crippen molar-refractivity contribution in [1.82, 2.24) is 10.2 Å². The lowest BCUT2D eigenvalue weighted by molar-refractivity contribution is -0.139. The Hall–Kier alpha value is -2.44. The molecule has 0 spiro atoms. The monoisotopic (exact) mass is 392 g/mol. The molecule has 0 aromatic heterocycles. The predicted molar refractivity (Wildman–Crippen MR) is 107 cm³/mol. The third kappa shape index (κ3) is 4.34. The molecule has 0 atom stereocenters. The summed E-state index contributed by atoms with van der Waals surface area (Å²) in [6.45, 7) is 5.16. The van der Waals surface area contributed by atoms with Gasteiger partial charge < -0.3 is 24.4 Å². The molecule has 0 saturated heterocycles. The van der Waals surface area contributed by atoms with Crippen molar-refractivity contribution in [1.29, 1.82) is 0 Å². The Morgan fingerprint density at radius 3 is 1.93 bits per heavy atom. The number of ether oxygens (including phenoxy) is 3. The highest BCUT2D eigenvalue weighted by molar-refractivity contribution is 6.00. The molecule has 28 heavy (non-hydrogen) atoms. The Morgan fingerprint density at radius 2 is 1.50 bits per heavy atom. The van der Waals surface area contributed by atoms with Crippen LogP contribution in [0.3, 0.4) is 0 Å². The van der Waals surface area contributed by atoms with E-state index in [1.807, 2.05) is 13.8 Å². The summed E-state index contributed by atoms with van der Waals surface area (Å²) in [6.07, 6.45) is 4.22. The molecule has 1 fully saturated rings. The van der Waals surface area contributed by atoms with Crippen LogP contribution in [0.1, 0.15) is 56.3 Å². The van der Waals surface area contributed by atoms with Gasteiger partial charge in [-0.1, -0.05) is 19.3 Å². The van der Waals surface area contributed by atoms with Crippen molar-refractivity contribution in [3.8, 4) is 17.2 Å². The quantitative estimate of drug-likeness (QED) is 0.736. The van der Waals surface area contributed by atoms with E-state index in [-0.39, 0.29) is 11.8 Å². The molecule has 0 aliphatic heterocycles. The van der Waals surface area contributed by atoms with Crippen LogP contribution in [-0.2, 0) is 4.79 Å². The molecule has 1 saturated carbocycles. The van der Waals surface area contributed by atoms with Crippen LogP contribution in [0, 0.1) is 0 Å². The molecular formula is C21H32N2O5. The molecule has 1 N–H and O–H groups in total. The number of carbonyl (C=O) groups is 2. The van der Waals surface area contributed by atoms with E-state index in [9.17, 15) is 9.59 Å². The number of nitrogens with one attached hydrogen (secondary N) is 1. The van der Waals surface area contributed by atoms with Gasteiger partial charge in [0, 0.05) is 18.7 Å². The average Bonchev–Trinajstić information content (AvgIpc) is 2.73. The maximum Gasteiger partial charge on any atom is 0.252 e. The van der Waals surface area contributed by atoms with Gasteiger partial charge in [-0.3, -0.25) is 9.59 Å². The van der Waals surface area contributed by atoms with Gasteiger partial charge in [0.25, 0.3) is 5.91 Å². The first-order valence-electron chi connectivity index (χ1n) is 9.88. The number of benzene rings is 1. The highest BCUT2D eigenvalue weighted by atomic mass is 16.5. The Balaban J connectivity index is 2.37. The number of carbonyl (C=O) groups excluding carboxylic acids is 2. The van der Waals surface area contributed by atoms with Gasteiger partial charge in [0.1, 0.15) is 5.54 Å². The lowest BCUT2D eigenvalue weighted by Crippen LogP contribution is -2.60. The average molecular weight is 392 g/mol. The minimum Gasteiger partial charge on any atom is -0.493 e. The first-order valence-corrected chi connectivity index (χ1v) is 9.88. The summed E-state index contributed by atoms with van der Waals surface area (Å²) >= 11 is 0. The van der Waals surface area contributed by atoms with Gasteiger partial charge >= 0.3 is 0 Å². The van der Waals surface area contributed by atoms with Crippen LogP contribution in [-0.4, -0.2) is 56.7 Å². The number of methoxy groups -OCH3 is 3. The highest BCUT2D eigenvalue weighted by Crippen LogP contribution is 2.38. The van der Waals surface area contributed by atoms with Crippen LogP contribution in [0.25, 0.3) is 0 Å². The van der Waals surface area contributed by atoms with Crippen LogP contribution in [0.15, 0.2) is 12.1 Å².